The molecule has 0 spiro atoms. The van der Waals surface area contributed by atoms with Gasteiger partial charge < -0.3 is 5.32 Å². The molecule has 1 aromatic carbocycles. The van der Waals surface area contributed by atoms with Gasteiger partial charge in [-0.25, -0.2) is 9.37 Å². The van der Waals surface area contributed by atoms with Crippen LogP contribution in [0.3, 0.4) is 0 Å². The second-order valence-electron chi connectivity index (χ2n) is 3.27. The highest BCUT2D eigenvalue weighted by Crippen LogP contribution is 2.15. The maximum atomic E-state index is 12.9. The van der Waals surface area contributed by atoms with Crippen LogP contribution in [0, 0.1) is 5.82 Å². The van der Waals surface area contributed by atoms with Crippen molar-refractivity contribution in [2.24, 2.45) is 0 Å². The minimum absolute atomic E-state index is 0.0245. The normalized spacial score (nSPS) is 10.2. The van der Waals surface area contributed by atoms with Crippen molar-refractivity contribution in [2.45, 2.75) is 6.54 Å². The molecule has 88 valence electrons. The molecule has 1 aromatic heterocycles. The first-order valence-corrected chi connectivity index (χ1v) is 5.12. The molecule has 7 heteroatoms. The summed E-state index contributed by atoms with van der Waals surface area (Å²) in [6.07, 6.45) is 1.24. The van der Waals surface area contributed by atoms with Gasteiger partial charge in [-0.15, -0.1) is 0 Å². The molecule has 17 heavy (non-hydrogen) atoms. The Bertz CT molecular complexity index is 529. The molecule has 0 bridgehead atoms. The van der Waals surface area contributed by atoms with Crippen LogP contribution < -0.4 is 5.32 Å². The van der Waals surface area contributed by atoms with E-state index in [2.05, 4.69) is 20.5 Å². The third kappa shape index (κ3) is 2.79. The van der Waals surface area contributed by atoms with Gasteiger partial charge in [-0.05, 0) is 17.7 Å². The van der Waals surface area contributed by atoms with E-state index in [1.165, 1.54) is 18.5 Å². The molecule has 1 amide bonds. The van der Waals surface area contributed by atoms with Crippen LogP contribution in [0.1, 0.15) is 16.2 Å². The van der Waals surface area contributed by atoms with Gasteiger partial charge in [0.05, 0.1) is 5.02 Å². The molecular formula is C10H8ClFN4O. The maximum absolute atomic E-state index is 12.9. The van der Waals surface area contributed by atoms with Crippen molar-refractivity contribution < 1.29 is 9.18 Å². The van der Waals surface area contributed by atoms with Crippen LogP contribution in [0.15, 0.2) is 24.5 Å². The maximum Gasteiger partial charge on any atom is 0.288 e. The van der Waals surface area contributed by atoms with Gasteiger partial charge in [0.1, 0.15) is 12.1 Å². The standard InChI is InChI=1S/C10H8ClFN4O/c11-7-3-6(1-2-8(7)12)4-13-10(17)9-14-5-15-16-9/h1-3,5H,4H2,(H,13,17)(H,14,15,16). The minimum Gasteiger partial charge on any atom is -0.345 e. The van der Waals surface area contributed by atoms with Gasteiger partial charge in [0.15, 0.2) is 0 Å². The summed E-state index contributed by atoms with van der Waals surface area (Å²) in [5.74, 6) is -0.752. The first-order chi connectivity index (χ1) is 8.16. The van der Waals surface area contributed by atoms with Gasteiger partial charge in [-0.1, -0.05) is 17.7 Å². The number of nitrogens with one attached hydrogen (secondary N) is 2. The molecule has 2 N–H and O–H groups in total. The molecule has 2 rings (SSSR count). The molecule has 0 fully saturated rings. The summed E-state index contributed by atoms with van der Waals surface area (Å²) in [6.45, 7) is 0.236. The Labute approximate surface area is 101 Å². The zero-order valence-electron chi connectivity index (χ0n) is 8.58. The van der Waals surface area contributed by atoms with Crippen LogP contribution in [-0.2, 0) is 6.54 Å². The first kappa shape index (κ1) is 11.5. The highest BCUT2D eigenvalue weighted by molar-refractivity contribution is 6.30. The molecule has 0 aliphatic carbocycles. The van der Waals surface area contributed by atoms with Crippen LogP contribution in [0.2, 0.25) is 5.02 Å². The monoisotopic (exact) mass is 254 g/mol. The summed E-state index contributed by atoms with van der Waals surface area (Å²) in [5, 5.41) is 8.61. The molecule has 0 saturated heterocycles. The Hall–Kier alpha value is -1.95. The fraction of sp³-hybridized carbons (Fsp3) is 0.100. The lowest BCUT2D eigenvalue weighted by atomic mass is 10.2. The smallest absolute Gasteiger partial charge is 0.288 e. The SMILES string of the molecule is O=C(NCc1ccc(F)c(Cl)c1)c1ncn[nH]1. The molecule has 0 aliphatic heterocycles. The van der Waals surface area contributed by atoms with Crippen molar-refractivity contribution in [1.82, 2.24) is 20.5 Å². The van der Waals surface area contributed by atoms with Crippen LogP contribution in [0.25, 0.3) is 0 Å². The van der Waals surface area contributed by atoms with Gasteiger partial charge in [-0.2, -0.15) is 5.10 Å². The highest BCUT2D eigenvalue weighted by atomic mass is 35.5. The van der Waals surface area contributed by atoms with E-state index in [1.54, 1.807) is 6.07 Å². The Kier molecular flexibility index (Phi) is 3.34. The molecule has 5 nitrogen and oxygen atoms in total. The number of benzene rings is 1. The number of hydrogen-bond donors (Lipinski definition) is 2. The predicted octanol–water partition coefficient (Wildman–Crippen LogP) is 1.53. The van der Waals surface area contributed by atoms with Crippen molar-refractivity contribution in [3.63, 3.8) is 0 Å². The molecule has 0 aliphatic rings. The lowest BCUT2D eigenvalue weighted by Crippen LogP contribution is -2.24. The number of H-pyrrole nitrogens is 1. The van der Waals surface area contributed by atoms with E-state index >= 15 is 0 Å². The van der Waals surface area contributed by atoms with Gasteiger partial charge in [0, 0.05) is 6.54 Å². The third-order valence-corrected chi connectivity index (χ3v) is 2.36. The Balaban J connectivity index is 1.98. The first-order valence-electron chi connectivity index (χ1n) is 4.74. The van der Waals surface area contributed by atoms with Gasteiger partial charge >= 0.3 is 0 Å². The molecule has 0 atom stereocenters. The minimum atomic E-state index is -0.489. The summed E-state index contributed by atoms with van der Waals surface area (Å²) in [6, 6.07) is 4.25. The molecule has 1 heterocycles. The van der Waals surface area contributed by atoms with E-state index in [0.29, 0.717) is 5.56 Å². The second kappa shape index (κ2) is 4.92. The number of hydrogen-bond acceptors (Lipinski definition) is 3. The van der Waals surface area contributed by atoms with Gasteiger partial charge in [0.25, 0.3) is 5.91 Å². The molecule has 0 radical (unpaired) electrons. The number of carbonyl (C=O) groups is 1. The van der Waals surface area contributed by atoms with E-state index in [4.69, 9.17) is 11.6 Å². The third-order valence-electron chi connectivity index (χ3n) is 2.07. The van der Waals surface area contributed by atoms with Gasteiger partial charge in [-0.3, -0.25) is 9.89 Å². The number of carbonyl (C=O) groups excluding carboxylic acids is 1. The quantitative estimate of drug-likeness (QED) is 0.873. The Morgan fingerprint density at radius 1 is 1.53 bits per heavy atom. The topological polar surface area (TPSA) is 70.7 Å². The average Bonchev–Trinajstić information content (AvgIpc) is 2.84. The lowest BCUT2D eigenvalue weighted by Gasteiger charge is -2.04. The van der Waals surface area contributed by atoms with Crippen molar-refractivity contribution in [1.29, 1.82) is 0 Å². The highest BCUT2D eigenvalue weighted by Gasteiger charge is 2.08. The van der Waals surface area contributed by atoms with E-state index in [-0.39, 0.29) is 23.3 Å². The Morgan fingerprint density at radius 2 is 2.35 bits per heavy atom. The van der Waals surface area contributed by atoms with E-state index < -0.39 is 5.82 Å². The zero-order chi connectivity index (χ0) is 12.3. The number of nitrogens with zero attached hydrogens (tertiary/aromatic N) is 2. The number of aromatic amines is 1. The van der Waals surface area contributed by atoms with Crippen molar-refractivity contribution >= 4 is 17.5 Å². The second-order valence-corrected chi connectivity index (χ2v) is 3.67. The number of halogens is 2. The number of amides is 1. The lowest BCUT2D eigenvalue weighted by molar-refractivity contribution is 0.0941. The summed E-state index contributed by atoms with van der Waals surface area (Å²) in [4.78, 5) is 15.2. The summed E-state index contributed by atoms with van der Waals surface area (Å²) >= 11 is 5.61. The largest absolute Gasteiger partial charge is 0.345 e. The summed E-state index contributed by atoms with van der Waals surface area (Å²) in [5.41, 5.74) is 0.698. The van der Waals surface area contributed by atoms with Crippen molar-refractivity contribution in [3.8, 4) is 0 Å². The summed E-state index contributed by atoms with van der Waals surface area (Å²) < 4.78 is 12.9. The van der Waals surface area contributed by atoms with Crippen LogP contribution in [0.4, 0.5) is 4.39 Å². The van der Waals surface area contributed by atoms with Crippen LogP contribution >= 0.6 is 11.6 Å². The van der Waals surface area contributed by atoms with Gasteiger partial charge in [0.2, 0.25) is 5.82 Å². The molecular weight excluding hydrogens is 247 g/mol. The predicted molar refractivity (Wildman–Crippen MR) is 59.0 cm³/mol. The summed E-state index contributed by atoms with van der Waals surface area (Å²) in [7, 11) is 0. The van der Waals surface area contributed by atoms with E-state index in [0.717, 1.165) is 0 Å². The molecule has 0 unspecified atom stereocenters. The van der Waals surface area contributed by atoms with Crippen LogP contribution in [-0.4, -0.2) is 21.1 Å². The fourth-order valence-electron chi connectivity index (χ4n) is 1.23. The molecule has 2 aromatic rings. The Morgan fingerprint density at radius 3 is 3.00 bits per heavy atom. The van der Waals surface area contributed by atoms with Crippen molar-refractivity contribution in [2.75, 3.05) is 0 Å². The van der Waals surface area contributed by atoms with Crippen molar-refractivity contribution in [3.05, 3.63) is 46.8 Å². The molecule has 0 saturated carbocycles. The van der Waals surface area contributed by atoms with E-state index in [1.807, 2.05) is 0 Å². The average molecular weight is 255 g/mol. The van der Waals surface area contributed by atoms with Crippen LogP contribution in [0.5, 0.6) is 0 Å². The van der Waals surface area contributed by atoms with E-state index in [9.17, 15) is 9.18 Å². The number of rotatable bonds is 3. The zero-order valence-corrected chi connectivity index (χ0v) is 9.33. The fourth-order valence-corrected chi connectivity index (χ4v) is 1.43. The number of aromatic nitrogens is 3.